The van der Waals surface area contributed by atoms with Gasteiger partial charge < -0.3 is 67.0 Å². The molecular weight excluding hydrogens is 726 g/mol. The molecule has 4 aliphatic carbocycles. The predicted octanol–water partition coefficient (Wildman–Crippen LogP) is -0.858. The minimum absolute atomic E-state index is 0.0278. The average Bonchev–Trinajstić information content (AvgIpc) is 3.20. The molecule has 12 N–H and O–H groups in total. The van der Waals surface area contributed by atoms with Gasteiger partial charge in [-0.3, -0.25) is 14.6 Å². The smallest absolute Gasteiger partial charge is 0.188 e. The predicted molar refractivity (Wildman–Crippen MR) is 204 cm³/mol. The normalized spacial score (nSPS) is 45.3. The van der Waals surface area contributed by atoms with Crippen LogP contribution in [0.2, 0.25) is 0 Å². The van der Waals surface area contributed by atoms with E-state index in [1.807, 2.05) is 0 Å². The molecule has 0 aromatic carbocycles. The van der Waals surface area contributed by atoms with Gasteiger partial charge in [-0.2, -0.15) is 0 Å². The Balaban J connectivity index is 1.24. The molecule has 17 atom stereocenters. The third kappa shape index (κ3) is 8.86. The summed E-state index contributed by atoms with van der Waals surface area (Å²) in [6.45, 7) is -0.107. The molecule has 2 heterocycles. The topological polar surface area (TPSA) is 272 Å². The number of Topliss-reactive ketones (excluding diaryl/α,β-unsaturated/α-hetero) is 2. The van der Waals surface area contributed by atoms with Gasteiger partial charge in [-0.1, -0.05) is 38.5 Å². The van der Waals surface area contributed by atoms with Crippen molar-refractivity contribution in [2.75, 3.05) is 40.5 Å². The minimum atomic E-state index is -2.01. The number of piperidine rings is 1. The molecule has 0 amide bonds. The number of nitrogens with two attached hydrogens (primary N) is 2. The van der Waals surface area contributed by atoms with Gasteiger partial charge in [0.2, 0.25) is 0 Å². The lowest BCUT2D eigenvalue weighted by Crippen LogP contribution is -2.69. The maximum absolute atomic E-state index is 14.9. The van der Waals surface area contributed by atoms with E-state index < -0.39 is 91.3 Å². The third-order valence-electron chi connectivity index (χ3n) is 14.8. The van der Waals surface area contributed by atoms with E-state index in [1.54, 1.807) is 7.05 Å². The van der Waals surface area contributed by atoms with Gasteiger partial charge in [0.1, 0.15) is 35.5 Å². The van der Waals surface area contributed by atoms with Gasteiger partial charge in [-0.05, 0) is 62.8 Å². The molecule has 0 spiro atoms. The lowest BCUT2D eigenvalue weighted by atomic mass is 9.51. The van der Waals surface area contributed by atoms with Gasteiger partial charge in [-0.25, -0.2) is 0 Å². The minimum Gasteiger partial charge on any atom is -0.396 e. The van der Waals surface area contributed by atoms with Crippen molar-refractivity contribution in [3.05, 3.63) is 0 Å². The first-order valence-corrected chi connectivity index (χ1v) is 21.2. The second kappa shape index (κ2) is 19.0. The highest BCUT2D eigenvalue weighted by Crippen LogP contribution is 2.53. The van der Waals surface area contributed by atoms with E-state index in [4.69, 9.17) is 25.7 Å². The zero-order chi connectivity index (χ0) is 40.3. The Morgan fingerprint density at radius 3 is 2.32 bits per heavy atom. The first kappa shape index (κ1) is 43.7. The van der Waals surface area contributed by atoms with Crippen LogP contribution in [0.1, 0.15) is 83.5 Å². The molecule has 6 fully saturated rings. The van der Waals surface area contributed by atoms with E-state index in [-0.39, 0.29) is 60.8 Å². The molecule has 0 bridgehead atoms. The number of rotatable bonds is 13. The summed E-state index contributed by atoms with van der Waals surface area (Å²) < 4.78 is 18.2. The standard InChI is InChI=1S/C40H69N5O11/c1-43-39(42)45-17-24-22(9-8-20-6-4-3-5-7-20)15-23-31(34(24)49)35(50)32-27(16-26(54-2)25(18-46)30(32)33(23)48)55-38-36(51)37(52)40(53,28(19-47)56-38)12-10-21-11-13-44-29(41)14-21/h20-32,34,36-38,44,46-47,49,51-53H,3-19,41H2,1-2H3,(H3,42,43,45)/t21?,22?,23?,24?,25?,26?,27?,28-,29?,30?,31?,32?,34?,36-,37-,38+,40-/m1/s1. The molecule has 16 nitrogen and oxygen atoms in total. The van der Waals surface area contributed by atoms with E-state index in [0.29, 0.717) is 25.2 Å². The van der Waals surface area contributed by atoms with Crippen LogP contribution in [-0.4, -0.2) is 143 Å². The summed E-state index contributed by atoms with van der Waals surface area (Å²) in [4.78, 5) is 33.7. The summed E-state index contributed by atoms with van der Waals surface area (Å²) in [5.41, 5.74) is 10.1. The van der Waals surface area contributed by atoms with Crippen LogP contribution in [0.25, 0.3) is 0 Å². The van der Waals surface area contributed by atoms with Crippen LogP contribution >= 0.6 is 0 Å². The quantitative estimate of drug-likeness (QED) is 0.0803. The average molecular weight is 796 g/mol. The Morgan fingerprint density at radius 2 is 1.66 bits per heavy atom. The number of guanidine groups is 1. The van der Waals surface area contributed by atoms with Gasteiger partial charge in [0.05, 0.1) is 42.9 Å². The SMILES string of the molecule is CN=C(N)NCC1C(CCC2CCCCC2)CC2C(=O)C3C(CO)C(OC)CC(O[C@H]4O[C@H](CO)[C@](O)(CCC5CCNC(N)C5)[C@H](O)[C@H]4O)C3C(=O)C2C1O. The van der Waals surface area contributed by atoms with Crippen LogP contribution < -0.4 is 22.1 Å². The van der Waals surface area contributed by atoms with Gasteiger partial charge in [0, 0.05) is 57.4 Å². The highest BCUT2D eigenvalue weighted by molar-refractivity contribution is 6.01. The zero-order valence-corrected chi connectivity index (χ0v) is 33.2. The molecule has 56 heavy (non-hydrogen) atoms. The summed E-state index contributed by atoms with van der Waals surface area (Å²) >= 11 is 0. The van der Waals surface area contributed by atoms with Crippen molar-refractivity contribution in [2.45, 2.75) is 138 Å². The molecule has 4 saturated carbocycles. The first-order chi connectivity index (χ1) is 26.9. The highest BCUT2D eigenvalue weighted by atomic mass is 16.7. The Kier molecular flexibility index (Phi) is 14.9. The summed E-state index contributed by atoms with van der Waals surface area (Å²) in [6.07, 6.45) is 0.604. The molecule has 0 aromatic heterocycles. The second-order valence-electron chi connectivity index (χ2n) is 17.8. The van der Waals surface area contributed by atoms with Crippen LogP contribution in [-0.2, 0) is 23.8 Å². The molecule has 6 rings (SSSR count). The van der Waals surface area contributed by atoms with Crippen LogP contribution in [0.4, 0.5) is 0 Å². The van der Waals surface area contributed by atoms with Gasteiger partial charge in [0.25, 0.3) is 0 Å². The molecule has 6 aliphatic rings. The van der Waals surface area contributed by atoms with Gasteiger partial charge in [-0.15, -0.1) is 0 Å². The number of ketones is 2. The number of nitrogens with zero attached hydrogens (tertiary/aromatic N) is 1. The lowest BCUT2D eigenvalue weighted by Gasteiger charge is -2.55. The number of methoxy groups -OCH3 is 1. The largest absolute Gasteiger partial charge is 0.396 e. The van der Waals surface area contributed by atoms with E-state index >= 15 is 0 Å². The number of hydrogen-bond acceptors (Lipinski definition) is 14. The van der Waals surface area contributed by atoms with Crippen LogP contribution in [0.5, 0.6) is 0 Å². The van der Waals surface area contributed by atoms with Crippen molar-refractivity contribution >= 4 is 17.5 Å². The Labute approximate surface area is 330 Å². The molecule has 16 heteroatoms. The van der Waals surface area contributed by atoms with E-state index in [2.05, 4.69) is 15.6 Å². The number of fused-ring (bicyclic) bond motifs is 2. The van der Waals surface area contributed by atoms with Crippen molar-refractivity contribution in [1.29, 1.82) is 0 Å². The molecule has 0 radical (unpaired) electrons. The number of nitrogens with one attached hydrogen (secondary N) is 2. The molecule has 2 aliphatic heterocycles. The van der Waals surface area contributed by atoms with E-state index in [0.717, 1.165) is 25.8 Å². The lowest BCUT2D eigenvalue weighted by molar-refractivity contribution is -0.347. The number of ether oxygens (including phenoxy) is 3. The second-order valence-corrected chi connectivity index (χ2v) is 17.8. The maximum atomic E-state index is 14.9. The fourth-order valence-corrected chi connectivity index (χ4v) is 11.6. The van der Waals surface area contributed by atoms with Gasteiger partial charge >= 0.3 is 0 Å². The number of aliphatic hydroxyl groups excluding tert-OH is 5. The molecule has 320 valence electrons. The molecule has 2 saturated heterocycles. The van der Waals surface area contributed by atoms with Gasteiger partial charge in [0.15, 0.2) is 12.2 Å². The number of aliphatic hydroxyl groups is 6. The molecule has 0 aromatic rings. The molecule has 12 unspecified atom stereocenters. The summed E-state index contributed by atoms with van der Waals surface area (Å²) in [5.74, 6) is -4.71. The number of carbonyl (C=O) groups is 2. The summed E-state index contributed by atoms with van der Waals surface area (Å²) in [6, 6.07) is 0. The Morgan fingerprint density at radius 1 is 0.911 bits per heavy atom. The van der Waals surface area contributed by atoms with Crippen LogP contribution in [0, 0.1) is 53.3 Å². The van der Waals surface area contributed by atoms with Crippen molar-refractivity contribution in [1.82, 2.24) is 10.6 Å². The van der Waals surface area contributed by atoms with Crippen LogP contribution in [0.15, 0.2) is 4.99 Å². The zero-order valence-electron chi connectivity index (χ0n) is 33.2. The Bertz CT molecular complexity index is 1350. The first-order valence-electron chi connectivity index (χ1n) is 21.2. The monoisotopic (exact) mass is 795 g/mol. The molecular formula is C40H69N5O11. The number of aliphatic imine (C=N–C) groups is 1. The van der Waals surface area contributed by atoms with Crippen molar-refractivity contribution in [2.24, 2.45) is 69.7 Å². The summed E-state index contributed by atoms with van der Waals surface area (Å²) in [7, 11) is 3.03. The van der Waals surface area contributed by atoms with Crippen molar-refractivity contribution < 1.29 is 54.4 Å². The number of carbonyl (C=O) groups excluding carboxylic acids is 2. The summed E-state index contributed by atoms with van der Waals surface area (Å²) in [5, 5.41) is 74.1. The van der Waals surface area contributed by atoms with E-state index in [9.17, 15) is 40.2 Å². The highest BCUT2D eigenvalue weighted by Gasteiger charge is 2.64. The number of hydrogen-bond donors (Lipinski definition) is 10. The fraction of sp³-hybridized carbons (Fsp3) is 0.925. The fourth-order valence-electron chi connectivity index (χ4n) is 11.6. The van der Waals surface area contributed by atoms with E-state index in [1.165, 1.54) is 39.2 Å². The maximum Gasteiger partial charge on any atom is 0.188 e. The van der Waals surface area contributed by atoms with Crippen molar-refractivity contribution in [3.8, 4) is 0 Å². The van der Waals surface area contributed by atoms with Crippen LogP contribution in [0.3, 0.4) is 0 Å². The van der Waals surface area contributed by atoms with Crippen molar-refractivity contribution in [3.63, 3.8) is 0 Å². The third-order valence-corrected chi connectivity index (χ3v) is 14.8. The Hall–Kier alpha value is -1.83.